The lowest BCUT2D eigenvalue weighted by atomic mass is 10.0. The van der Waals surface area contributed by atoms with E-state index in [1.165, 1.54) is 6.92 Å². The molecular formula is C26H34N4O5. The average molecular weight is 483 g/mol. The highest BCUT2D eigenvalue weighted by Crippen LogP contribution is 2.28. The van der Waals surface area contributed by atoms with Crippen LogP contribution in [0.3, 0.4) is 0 Å². The van der Waals surface area contributed by atoms with Crippen molar-refractivity contribution in [3.63, 3.8) is 0 Å². The number of benzene rings is 2. The van der Waals surface area contributed by atoms with Crippen LogP contribution >= 0.6 is 0 Å². The average Bonchev–Trinajstić information content (AvgIpc) is 2.85. The standard InChI is InChI=1S/C26H34N4O5/c1-17-5-8-20(9-6-17)29-26(33)30-13-11-21(12-14-30)28-25(32)22(27-18(2)31)15-19-7-10-23(34-3)24(16-19)35-4/h5-10,16,21-22H,11-15H2,1-4H3,(H,27,31)(H,28,32)(H,29,33)/t22-/m0/s1. The van der Waals surface area contributed by atoms with Crippen LogP contribution in [0.25, 0.3) is 0 Å². The number of ether oxygens (including phenoxy) is 2. The molecular weight excluding hydrogens is 448 g/mol. The first-order chi connectivity index (χ1) is 16.8. The number of urea groups is 1. The lowest BCUT2D eigenvalue weighted by Gasteiger charge is -2.33. The minimum Gasteiger partial charge on any atom is -0.493 e. The molecule has 2 aromatic carbocycles. The van der Waals surface area contributed by atoms with Gasteiger partial charge in [0.25, 0.3) is 0 Å². The van der Waals surface area contributed by atoms with E-state index in [9.17, 15) is 14.4 Å². The fourth-order valence-corrected chi connectivity index (χ4v) is 4.07. The van der Waals surface area contributed by atoms with Crippen molar-refractivity contribution >= 4 is 23.5 Å². The van der Waals surface area contributed by atoms with Gasteiger partial charge in [0.1, 0.15) is 6.04 Å². The number of hydrogen-bond donors (Lipinski definition) is 3. The van der Waals surface area contributed by atoms with Gasteiger partial charge in [0.05, 0.1) is 14.2 Å². The van der Waals surface area contributed by atoms with Gasteiger partial charge in [-0.25, -0.2) is 4.79 Å². The highest BCUT2D eigenvalue weighted by molar-refractivity contribution is 5.89. The number of aryl methyl sites for hydroxylation is 1. The molecule has 1 saturated heterocycles. The van der Waals surface area contributed by atoms with Gasteiger partial charge < -0.3 is 30.3 Å². The van der Waals surface area contributed by atoms with E-state index in [2.05, 4.69) is 16.0 Å². The fraction of sp³-hybridized carbons (Fsp3) is 0.423. The second kappa shape index (κ2) is 12.1. The molecule has 1 atom stereocenters. The highest BCUT2D eigenvalue weighted by atomic mass is 16.5. The second-order valence-electron chi connectivity index (χ2n) is 8.71. The molecule has 0 unspecified atom stereocenters. The number of methoxy groups -OCH3 is 2. The molecule has 35 heavy (non-hydrogen) atoms. The molecule has 9 heteroatoms. The van der Waals surface area contributed by atoms with Crippen molar-refractivity contribution < 1.29 is 23.9 Å². The topological polar surface area (TPSA) is 109 Å². The molecule has 0 aliphatic carbocycles. The van der Waals surface area contributed by atoms with Crippen LogP contribution in [0.2, 0.25) is 0 Å². The Labute approximate surface area is 206 Å². The van der Waals surface area contributed by atoms with Crippen LogP contribution in [-0.4, -0.2) is 62.1 Å². The second-order valence-corrected chi connectivity index (χ2v) is 8.71. The van der Waals surface area contributed by atoms with Crippen molar-refractivity contribution in [1.29, 1.82) is 0 Å². The van der Waals surface area contributed by atoms with E-state index in [4.69, 9.17) is 9.47 Å². The van der Waals surface area contributed by atoms with Crippen molar-refractivity contribution in [3.05, 3.63) is 53.6 Å². The summed E-state index contributed by atoms with van der Waals surface area (Å²) in [5.41, 5.74) is 2.71. The number of anilines is 1. The number of rotatable bonds is 8. The zero-order valence-electron chi connectivity index (χ0n) is 20.7. The monoisotopic (exact) mass is 482 g/mol. The molecule has 1 aliphatic heterocycles. The summed E-state index contributed by atoms with van der Waals surface area (Å²) in [7, 11) is 3.11. The van der Waals surface area contributed by atoms with Gasteiger partial charge >= 0.3 is 6.03 Å². The maximum atomic E-state index is 13.0. The van der Waals surface area contributed by atoms with Crippen LogP contribution in [-0.2, 0) is 16.0 Å². The summed E-state index contributed by atoms with van der Waals surface area (Å²) in [5.74, 6) is 0.615. The van der Waals surface area contributed by atoms with Crippen LogP contribution in [0.15, 0.2) is 42.5 Å². The van der Waals surface area contributed by atoms with Crippen LogP contribution in [0.5, 0.6) is 11.5 Å². The first-order valence-electron chi connectivity index (χ1n) is 11.7. The molecule has 0 spiro atoms. The largest absolute Gasteiger partial charge is 0.493 e. The maximum Gasteiger partial charge on any atom is 0.321 e. The molecule has 188 valence electrons. The number of hydrogen-bond acceptors (Lipinski definition) is 5. The molecule has 1 heterocycles. The molecule has 0 saturated carbocycles. The van der Waals surface area contributed by atoms with Crippen molar-refractivity contribution in [2.75, 3.05) is 32.6 Å². The van der Waals surface area contributed by atoms with Crippen LogP contribution < -0.4 is 25.4 Å². The molecule has 3 N–H and O–H groups in total. The minimum atomic E-state index is -0.728. The molecule has 9 nitrogen and oxygen atoms in total. The number of piperidine rings is 1. The SMILES string of the molecule is COc1ccc(C[C@H](NC(C)=O)C(=O)NC2CCN(C(=O)Nc3ccc(C)cc3)CC2)cc1OC. The van der Waals surface area contributed by atoms with E-state index in [0.29, 0.717) is 43.9 Å². The summed E-state index contributed by atoms with van der Waals surface area (Å²) in [6.45, 7) is 4.45. The molecule has 3 rings (SSSR count). The Kier molecular flexibility index (Phi) is 8.94. The fourth-order valence-electron chi connectivity index (χ4n) is 4.07. The summed E-state index contributed by atoms with van der Waals surface area (Å²) < 4.78 is 10.6. The van der Waals surface area contributed by atoms with E-state index >= 15 is 0 Å². The van der Waals surface area contributed by atoms with Gasteiger partial charge in [-0.1, -0.05) is 23.8 Å². The van der Waals surface area contributed by atoms with Gasteiger partial charge in [-0.3, -0.25) is 9.59 Å². The summed E-state index contributed by atoms with van der Waals surface area (Å²) >= 11 is 0. The van der Waals surface area contributed by atoms with Crippen molar-refractivity contribution in [3.8, 4) is 11.5 Å². The van der Waals surface area contributed by atoms with Gasteiger partial charge in [0.2, 0.25) is 11.8 Å². The predicted octanol–water partition coefficient (Wildman–Crippen LogP) is 2.87. The third-order valence-electron chi connectivity index (χ3n) is 6.01. The number of nitrogens with zero attached hydrogens (tertiary/aromatic N) is 1. The van der Waals surface area contributed by atoms with Crippen molar-refractivity contribution in [2.24, 2.45) is 0 Å². The molecule has 2 aromatic rings. The number of likely N-dealkylation sites (tertiary alicyclic amines) is 1. The quantitative estimate of drug-likeness (QED) is 0.536. The normalized spacial score (nSPS) is 14.6. The maximum absolute atomic E-state index is 13.0. The van der Waals surface area contributed by atoms with Crippen molar-refractivity contribution in [1.82, 2.24) is 15.5 Å². The number of carbonyl (C=O) groups is 3. The smallest absolute Gasteiger partial charge is 0.321 e. The number of nitrogens with one attached hydrogen (secondary N) is 3. The van der Waals surface area contributed by atoms with E-state index in [1.807, 2.05) is 37.3 Å². The summed E-state index contributed by atoms with van der Waals surface area (Å²) in [4.78, 5) is 39.1. The molecule has 1 fully saturated rings. The van der Waals surface area contributed by atoms with Crippen LogP contribution in [0, 0.1) is 6.92 Å². The Morgan fingerprint density at radius 1 is 1.00 bits per heavy atom. The summed E-state index contributed by atoms with van der Waals surface area (Å²) in [6.07, 6.45) is 1.58. The molecule has 1 aliphatic rings. The first-order valence-corrected chi connectivity index (χ1v) is 11.7. The zero-order valence-corrected chi connectivity index (χ0v) is 20.7. The minimum absolute atomic E-state index is 0.0763. The van der Waals surface area contributed by atoms with Gasteiger partial charge in [-0.15, -0.1) is 0 Å². The Morgan fingerprint density at radius 2 is 1.66 bits per heavy atom. The van der Waals surface area contributed by atoms with Gasteiger partial charge in [-0.2, -0.15) is 0 Å². The summed E-state index contributed by atoms with van der Waals surface area (Å²) in [6, 6.07) is 12.1. The third-order valence-corrected chi connectivity index (χ3v) is 6.01. The Hall–Kier alpha value is -3.75. The zero-order chi connectivity index (χ0) is 25.4. The van der Waals surface area contributed by atoms with E-state index < -0.39 is 6.04 Å². The van der Waals surface area contributed by atoms with E-state index in [0.717, 1.165) is 16.8 Å². The Balaban J connectivity index is 1.55. The lowest BCUT2D eigenvalue weighted by molar-refractivity contribution is -0.128. The van der Waals surface area contributed by atoms with E-state index in [-0.39, 0.29) is 23.9 Å². The Morgan fingerprint density at radius 3 is 2.26 bits per heavy atom. The Bertz CT molecular complexity index is 1030. The van der Waals surface area contributed by atoms with Gasteiger partial charge in [0, 0.05) is 38.2 Å². The number of amides is 4. The van der Waals surface area contributed by atoms with Crippen LogP contribution in [0.4, 0.5) is 10.5 Å². The summed E-state index contributed by atoms with van der Waals surface area (Å²) in [5, 5.41) is 8.70. The number of carbonyl (C=O) groups excluding carboxylic acids is 3. The van der Waals surface area contributed by atoms with Gasteiger partial charge in [-0.05, 0) is 49.6 Å². The van der Waals surface area contributed by atoms with Gasteiger partial charge in [0.15, 0.2) is 11.5 Å². The lowest BCUT2D eigenvalue weighted by Crippen LogP contribution is -2.53. The molecule has 0 bridgehead atoms. The molecule has 4 amide bonds. The van der Waals surface area contributed by atoms with Crippen LogP contribution in [0.1, 0.15) is 30.9 Å². The first kappa shape index (κ1) is 25.9. The predicted molar refractivity (Wildman–Crippen MR) is 134 cm³/mol. The third kappa shape index (κ3) is 7.37. The molecule has 0 radical (unpaired) electrons. The van der Waals surface area contributed by atoms with E-state index in [1.54, 1.807) is 31.3 Å². The highest BCUT2D eigenvalue weighted by Gasteiger charge is 2.27. The molecule has 0 aromatic heterocycles. The van der Waals surface area contributed by atoms with Crippen molar-refractivity contribution in [2.45, 2.75) is 45.2 Å².